The lowest BCUT2D eigenvalue weighted by molar-refractivity contribution is -0.335. The number of benzene rings is 2. The molecule has 164 valence electrons. The lowest BCUT2D eigenvalue weighted by Crippen LogP contribution is -2.64. The van der Waals surface area contributed by atoms with Crippen LogP contribution in [-0.2, 0) is 23.7 Å². The lowest BCUT2D eigenvalue weighted by atomic mass is 9.96. The minimum atomic E-state index is -1.52. The van der Waals surface area contributed by atoms with Crippen LogP contribution in [0.25, 0.3) is 0 Å². The molecule has 0 saturated carbocycles. The first-order chi connectivity index (χ1) is 14.8. The number of aliphatic hydroxyl groups excluding tert-OH is 1. The smallest absolute Gasteiger partial charge is 0.338 e. The van der Waals surface area contributed by atoms with Gasteiger partial charge in [-0.15, -0.1) is 0 Å². The molecule has 31 heavy (non-hydrogen) atoms. The van der Waals surface area contributed by atoms with Crippen molar-refractivity contribution in [3.8, 4) is 0 Å². The van der Waals surface area contributed by atoms with Crippen LogP contribution in [0.2, 0.25) is 0 Å². The summed E-state index contributed by atoms with van der Waals surface area (Å²) < 4.78 is 28.5. The van der Waals surface area contributed by atoms with Gasteiger partial charge >= 0.3 is 11.9 Å². The Hall–Kier alpha value is -2.78. The summed E-state index contributed by atoms with van der Waals surface area (Å²) in [5, 5.41) is 11.0. The number of esters is 2. The average molecular weight is 428 g/mol. The molecule has 2 aromatic rings. The van der Waals surface area contributed by atoms with Crippen molar-refractivity contribution in [2.75, 3.05) is 13.2 Å². The minimum Gasteiger partial charge on any atom is -0.453 e. The molecule has 2 fully saturated rings. The number of rotatable bonds is 4. The van der Waals surface area contributed by atoms with Crippen molar-refractivity contribution in [2.24, 2.45) is 0 Å². The van der Waals surface area contributed by atoms with Gasteiger partial charge in [-0.05, 0) is 38.1 Å². The zero-order chi connectivity index (χ0) is 22.1. The van der Waals surface area contributed by atoms with Gasteiger partial charge < -0.3 is 28.8 Å². The third-order valence-corrected chi connectivity index (χ3v) is 5.17. The van der Waals surface area contributed by atoms with Gasteiger partial charge in [0.2, 0.25) is 5.79 Å². The molecule has 0 amide bonds. The van der Waals surface area contributed by atoms with Crippen LogP contribution >= 0.6 is 0 Å². The summed E-state index contributed by atoms with van der Waals surface area (Å²) in [6.45, 7) is 3.16. The Morgan fingerprint density at radius 3 is 1.97 bits per heavy atom. The topological polar surface area (TPSA) is 101 Å². The number of ether oxygens (including phenoxy) is 5. The molecule has 2 saturated heterocycles. The summed E-state index contributed by atoms with van der Waals surface area (Å²) in [4.78, 5) is 25.2. The molecule has 2 heterocycles. The molecule has 1 spiro atoms. The summed E-state index contributed by atoms with van der Waals surface area (Å²) in [5.74, 6) is -3.83. The number of hydrogen-bond donors (Lipinski definition) is 1. The Bertz CT molecular complexity index is 929. The standard InChI is InChI=1S/C23H24O8/c1-22(2)28-14-23(31-22)19(30-21(26)16-11-7-4-8-12-16)18(24)17(13-27-23)29-20(25)15-9-5-3-6-10-15/h3-12,17-19,24H,13-14H2,1-2H3/t17-,18-,19+,23+/m1/s1. The molecule has 0 radical (unpaired) electrons. The summed E-state index contributed by atoms with van der Waals surface area (Å²) >= 11 is 0. The van der Waals surface area contributed by atoms with E-state index in [4.69, 9.17) is 23.7 Å². The van der Waals surface area contributed by atoms with Gasteiger partial charge in [0.15, 0.2) is 18.0 Å². The van der Waals surface area contributed by atoms with Crippen LogP contribution in [0.1, 0.15) is 34.6 Å². The Morgan fingerprint density at radius 1 is 0.903 bits per heavy atom. The minimum absolute atomic E-state index is 0.0663. The molecule has 4 rings (SSSR count). The number of hydrogen-bond acceptors (Lipinski definition) is 8. The summed E-state index contributed by atoms with van der Waals surface area (Å²) in [7, 11) is 0. The quantitative estimate of drug-likeness (QED) is 0.741. The van der Waals surface area contributed by atoms with E-state index < -0.39 is 41.8 Å². The van der Waals surface area contributed by atoms with Gasteiger partial charge in [-0.1, -0.05) is 36.4 Å². The number of carbonyl (C=O) groups excluding carboxylic acids is 2. The van der Waals surface area contributed by atoms with Gasteiger partial charge in [0, 0.05) is 0 Å². The molecular weight excluding hydrogens is 404 g/mol. The molecule has 8 nitrogen and oxygen atoms in total. The van der Waals surface area contributed by atoms with Crippen LogP contribution in [0.4, 0.5) is 0 Å². The van der Waals surface area contributed by atoms with Gasteiger partial charge in [-0.25, -0.2) is 9.59 Å². The predicted molar refractivity (Wildman–Crippen MR) is 107 cm³/mol. The fraction of sp³-hybridized carbons (Fsp3) is 0.391. The highest BCUT2D eigenvalue weighted by atomic mass is 16.8. The van der Waals surface area contributed by atoms with Gasteiger partial charge in [0.25, 0.3) is 0 Å². The molecule has 4 atom stereocenters. The van der Waals surface area contributed by atoms with Crippen molar-refractivity contribution in [1.29, 1.82) is 0 Å². The molecule has 1 N–H and O–H groups in total. The van der Waals surface area contributed by atoms with Gasteiger partial charge in [0.1, 0.15) is 12.7 Å². The van der Waals surface area contributed by atoms with Gasteiger partial charge in [-0.3, -0.25) is 0 Å². The molecule has 0 bridgehead atoms. The Kier molecular flexibility index (Phi) is 5.81. The van der Waals surface area contributed by atoms with E-state index >= 15 is 0 Å². The van der Waals surface area contributed by atoms with E-state index in [0.717, 1.165) is 0 Å². The predicted octanol–water partition coefficient (Wildman–Crippen LogP) is 2.31. The van der Waals surface area contributed by atoms with Crippen LogP contribution in [0, 0.1) is 0 Å². The Balaban J connectivity index is 1.56. The van der Waals surface area contributed by atoms with E-state index in [1.807, 2.05) is 0 Å². The number of aliphatic hydroxyl groups is 1. The Morgan fingerprint density at radius 2 is 1.45 bits per heavy atom. The molecule has 2 aromatic carbocycles. The third-order valence-electron chi connectivity index (χ3n) is 5.17. The SMILES string of the molecule is CC1(C)OC[C@]2(OC[C@@H](OC(=O)c3ccccc3)[C@@H](O)[C@@H]2OC(=O)c2ccccc2)O1. The lowest BCUT2D eigenvalue weighted by Gasteiger charge is -2.44. The van der Waals surface area contributed by atoms with Crippen molar-refractivity contribution in [1.82, 2.24) is 0 Å². The van der Waals surface area contributed by atoms with E-state index in [9.17, 15) is 14.7 Å². The van der Waals surface area contributed by atoms with E-state index in [-0.39, 0.29) is 13.2 Å². The maximum Gasteiger partial charge on any atom is 0.338 e. The molecule has 0 aliphatic carbocycles. The molecule has 8 heteroatoms. The van der Waals surface area contributed by atoms with Gasteiger partial charge in [-0.2, -0.15) is 0 Å². The maximum atomic E-state index is 12.7. The Labute approximate surface area is 179 Å². The zero-order valence-electron chi connectivity index (χ0n) is 17.2. The van der Waals surface area contributed by atoms with Crippen molar-refractivity contribution >= 4 is 11.9 Å². The molecule has 0 unspecified atom stereocenters. The van der Waals surface area contributed by atoms with Crippen LogP contribution in [0.5, 0.6) is 0 Å². The molecule has 2 aliphatic heterocycles. The largest absolute Gasteiger partial charge is 0.453 e. The third kappa shape index (κ3) is 4.47. The second-order valence-corrected chi connectivity index (χ2v) is 7.91. The zero-order valence-corrected chi connectivity index (χ0v) is 17.2. The van der Waals surface area contributed by atoms with E-state index in [1.54, 1.807) is 74.5 Å². The fourth-order valence-corrected chi connectivity index (χ4v) is 3.62. The van der Waals surface area contributed by atoms with E-state index in [0.29, 0.717) is 11.1 Å². The van der Waals surface area contributed by atoms with Crippen LogP contribution < -0.4 is 0 Å². The van der Waals surface area contributed by atoms with E-state index in [1.165, 1.54) is 0 Å². The highest BCUT2D eigenvalue weighted by molar-refractivity contribution is 5.90. The summed E-state index contributed by atoms with van der Waals surface area (Å²) in [6.07, 6.45) is -3.75. The van der Waals surface area contributed by atoms with Crippen LogP contribution in [0.3, 0.4) is 0 Å². The van der Waals surface area contributed by atoms with Crippen molar-refractivity contribution in [3.05, 3.63) is 71.8 Å². The highest BCUT2D eigenvalue weighted by Crippen LogP contribution is 2.40. The highest BCUT2D eigenvalue weighted by Gasteiger charge is 2.61. The van der Waals surface area contributed by atoms with Crippen LogP contribution in [0.15, 0.2) is 60.7 Å². The van der Waals surface area contributed by atoms with Crippen molar-refractivity contribution in [2.45, 2.75) is 43.7 Å². The molecule has 0 aromatic heterocycles. The normalized spacial score (nSPS) is 29.5. The van der Waals surface area contributed by atoms with Crippen molar-refractivity contribution < 1.29 is 38.4 Å². The average Bonchev–Trinajstić information content (AvgIpc) is 3.09. The first-order valence-corrected chi connectivity index (χ1v) is 9.98. The molecule has 2 aliphatic rings. The first-order valence-electron chi connectivity index (χ1n) is 9.98. The number of carbonyl (C=O) groups is 2. The monoisotopic (exact) mass is 428 g/mol. The summed E-state index contributed by atoms with van der Waals surface area (Å²) in [6, 6.07) is 16.7. The fourth-order valence-electron chi connectivity index (χ4n) is 3.62. The van der Waals surface area contributed by atoms with Gasteiger partial charge in [0.05, 0.1) is 17.7 Å². The maximum absolute atomic E-state index is 12.7. The van der Waals surface area contributed by atoms with E-state index in [2.05, 4.69) is 0 Å². The first kappa shape index (κ1) is 21.5. The second kappa shape index (κ2) is 8.39. The van der Waals surface area contributed by atoms with Crippen molar-refractivity contribution in [3.63, 3.8) is 0 Å². The summed E-state index contributed by atoms with van der Waals surface area (Å²) in [5.41, 5.74) is 0.626. The van der Waals surface area contributed by atoms with Crippen LogP contribution in [-0.4, -0.2) is 60.1 Å². The second-order valence-electron chi connectivity index (χ2n) is 7.91. The molecular formula is C23H24O8.